The molecule has 1 saturated carbocycles. The Labute approximate surface area is 131 Å². The van der Waals surface area contributed by atoms with Crippen molar-refractivity contribution in [2.24, 2.45) is 22.7 Å². The first kappa shape index (κ1) is 13.9. The fraction of sp³-hybridized carbons (Fsp3) is 0.588. The molecule has 5 nitrogen and oxygen atoms in total. The number of allylic oxidation sites excluding steroid dienone is 1. The first-order valence-corrected chi connectivity index (χ1v) is 8.13. The predicted molar refractivity (Wildman–Crippen MR) is 85.2 cm³/mol. The second-order valence-electron chi connectivity index (χ2n) is 6.51. The summed E-state index contributed by atoms with van der Waals surface area (Å²) in [5.41, 5.74) is 3.72. The zero-order valence-electron chi connectivity index (χ0n) is 13.2. The minimum atomic E-state index is 0.558. The number of ether oxygens (including phenoxy) is 1. The van der Waals surface area contributed by atoms with Crippen LogP contribution in [0.5, 0.6) is 0 Å². The van der Waals surface area contributed by atoms with E-state index >= 15 is 0 Å². The van der Waals surface area contributed by atoms with Gasteiger partial charge in [-0.3, -0.25) is 0 Å². The fourth-order valence-electron chi connectivity index (χ4n) is 3.70. The van der Waals surface area contributed by atoms with Crippen molar-refractivity contribution in [3.8, 4) is 0 Å². The van der Waals surface area contributed by atoms with Gasteiger partial charge in [-0.2, -0.15) is 0 Å². The van der Waals surface area contributed by atoms with Crippen LogP contribution in [-0.4, -0.2) is 46.9 Å². The smallest absolute Gasteiger partial charge is 0.132 e. The lowest BCUT2D eigenvalue weighted by Crippen LogP contribution is -2.36. The second kappa shape index (κ2) is 5.47. The highest BCUT2D eigenvalue weighted by molar-refractivity contribution is 5.89. The van der Waals surface area contributed by atoms with Crippen molar-refractivity contribution in [2.75, 3.05) is 26.3 Å². The Morgan fingerprint density at radius 3 is 2.64 bits per heavy atom. The Morgan fingerprint density at radius 1 is 1.18 bits per heavy atom. The van der Waals surface area contributed by atoms with E-state index in [4.69, 9.17) is 9.73 Å². The first-order chi connectivity index (χ1) is 10.8. The highest BCUT2D eigenvalue weighted by atomic mass is 16.5. The van der Waals surface area contributed by atoms with E-state index in [9.17, 15) is 0 Å². The van der Waals surface area contributed by atoms with Gasteiger partial charge in [0, 0.05) is 42.3 Å². The van der Waals surface area contributed by atoms with Crippen LogP contribution in [0.1, 0.15) is 25.8 Å². The van der Waals surface area contributed by atoms with Crippen LogP contribution in [0.25, 0.3) is 5.57 Å². The van der Waals surface area contributed by atoms with Gasteiger partial charge < -0.3 is 9.64 Å². The molecule has 0 aromatic carbocycles. The van der Waals surface area contributed by atoms with E-state index in [0.717, 1.165) is 43.6 Å². The molecule has 116 valence electrons. The molecule has 1 aliphatic carbocycles. The summed E-state index contributed by atoms with van der Waals surface area (Å²) in [6, 6.07) is 0. The zero-order valence-corrected chi connectivity index (χ0v) is 13.2. The van der Waals surface area contributed by atoms with Crippen molar-refractivity contribution in [3.05, 3.63) is 30.1 Å². The second-order valence-corrected chi connectivity index (χ2v) is 6.51. The molecule has 3 aliphatic rings. The number of nitrogens with zero attached hydrogens (tertiary/aromatic N) is 4. The van der Waals surface area contributed by atoms with E-state index < -0.39 is 0 Å². The predicted octanol–water partition coefficient (Wildman–Crippen LogP) is 2.22. The summed E-state index contributed by atoms with van der Waals surface area (Å²) in [5.74, 6) is 3.01. The molecule has 2 fully saturated rings. The topological polar surface area (TPSA) is 50.6 Å². The van der Waals surface area contributed by atoms with Crippen molar-refractivity contribution in [1.29, 1.82) is 0 Å². The highest BCUT2D eigenvalue weighted by Gasteiger charge is 2.48. The molecule has 1 saturated heterocycles. The lowest BCUT2D eigenvalue weighted by molar-refractivity contribution is 0.0533. The van der Waals surface area contributed by atoms with Crippen LogP contribution >= 0.6 is 0 Å². The summed E-state index contributed by atoms with van der Waals surface area (Å²) in [7, 11) is 0. The lowest BCUT2D eigenvalue weighted by Gasteiger charge is -2.31. The molecule has 0 amide bonds. The third-order valence-electron chi connectivity index (χ3n) is 5.22. The third-order valence-corrected chi connectivity index (χ3v) is 5.22. The molecule has 5 heteroatoms. The summed E-state index contributed by atoms with van der Waals surface area (Å²) < 4.78 is 5.51. The quantitative estimate of drug-likeness (QED) is 0.840. The van der Waals surface area contributed by atoms with Gasteiger partial charge >= 0.3 is 0 Å². The number of fused-ring (bicyclic) bond motifs is 1. The van der Waals surface area contributed by atoms with Gasteiger partial charge in [-0.1, -0.05) is 6.92 Å². The SMILES string of the molecule is CC1=NC(N2CCOCC2)=C(c2cncnc2)C2CC2C1C. The van der Waals surface area contributed by atoms with Crippen LogP contribution in [0.4, 0.5) is 0 Å². The van der Waals surface area contributed by atoms with Crippen LogP contribution in [0.2, 0.25) is 0 Å². The molecular weight excluding hydrogens is 276 g/mol. The molecule has 4 rings (SSSR count). The van der Waals surface area contributed by atoms with Crippen molar-refractivity contribution in [3.63, 3.8) is 0 Å². The van der Waals surface area contributed by atoms with Gasteiger partial charge in [0.2, 0.25) is 0 Å². The minimum absolute atomic E-state index is 0.558. The van der Waals surface area contributed by atoms with Gasteiger partial charge in [-0.05, 0) is 31.1 Å². The van der Waals surface area contributed by atoms with Gasteiger partial charge in [0.1, 0.15) is 12.1 Å². The molecule has 0 radical (unpaired) electrons. The molecule has 3 unspecified atom stereocenters. The minimum Gasteiger partial charge on any atom is -0.378 e. The van der Waals surface area contributed by atoms with E-state index in [1.54, 1.807) is 6.33 Å². The van der Waals surface area contributed by atoms with E-state index in [0.29, 0.717) is 11.8 Å². The van der Waals surface area contributed by atoms with E-state index in [1.165, 1.54) is 17.7 Å². The Kier molecular flexibility index (Phi) is 3.45. The van der Waals surface area contributed by atoms with Crippen LogP contribution in [-0.2, 0) is 4.74 Å². The fourth-order valence-corrected chi connectivity index (χ4v) is 3.70. The summed E-state index contributed by atoms with van der Waals surface area (Å²) in [6.07, 6.45) is 6.71. The molecule has 0 spiro atoms. The van der Waals surface area contributed by atoms with Gasteiger partial charge in [0.15, 0.2) is 0 Å². The number of aliphatic imine (C=N–C) groups is 1. The van der Waals surface area contributed by atoms with Crippen LogP contribution in [0, 0.1) is 17.8 Å². The van der Waals surface area contributed by atoms with Crippen LogP contribution in [0.15, 0.2) is 29.5 Å². The Morgan fingerprint density at radius 2 is 1.91 bits per heavy atom. The van der Waals surface area contributed by atoms with Crippen molar-refractivity contribution in [1.82, 2.24) is 14.9 Å². The molecule has 0 N–H and O–H groups in total. The number of rotatable bonds is 2. The van der Waals surface area contributed by atoms with Crippen molar-refractivity contribution >= 4 is 11.3 Å². The Bertz CT molecular complexity index is 619. The maximum atomic E-state index is 5.51. The van der Waals surface area contributed by atoms with Crippen LogP contribution < -0.4 is 0 Å². The highest BCUT2D eigenvalue weighted by Crippen LogP contribution is 2.55. The number of hydrogen-bond acceptors (Lipinski definition) is 5. The maximum absolute atomic E-state index is 5.51. The summed E-state index contributed by atoms with van der Waals surface area (Å²) in [4.78, 5) is 15.9. The monoisotopic (exact) mass is 298 g/mol. The van der Waals surface area contributed by atoms with Gasteiger partial charge in [-0.25, -0.2) is 15.0 Å². The molecular formula is C17H22N4O. The lowest BCUT2D eigenvalue weighted by atomic mass is 9.96. The number of aromatic nitrogens is 2. The van der Waals surface area contributed by atoms with Crippen LogP contribution in [0.3, 0.4) is 0 Å². The standard InChI is InChI=1S/C17H22N4O/c1-11-12(2)20-17(21-3-5-22-6-4-21)16(15-7-14(11)15)13-8-18-10-19-9-13/h8-11,14-15H,3-7H2,1-2H3. The van der Waals surface area contributed by atoms with Gasteiger partial charge in [0.25, 0.3) is 0 Å². The molecule has 1 aromatic rings. The summed E-state index contributed by atoms with van der Waals surface area (Å²) in [6.45, 7) is 7.86. The van der Waals surface area contributed by atoms with E-state index in [2.05, 4.69) is 28.7 Å². The van der Waals surface area contributed by atoms with E-state index in [-0.39, 0.29) is 0 Å². The zero-order chi connectivity index (χ0) is 15.1. The number of morpholine rings is 1. The summed E-state index contributed by atoms with van der Waals surface area (Å²) in [5, 5.41) is 0. The normalized spacial score (nSPS) is 31.5. The molecule has 22 heavy (non-hydrogen) atoms. The van der Waals surface area contributed by atoms with Gasteiger partial charge in [0.05, 0.1) is 13.2 Å². The average molecular weight is 298 g/mol. The first-order valence-electron chi connectivity index (χ1n) is 8.13. The molecule has 2 aliphatic heterocycles. The third kappa shape index (κ3) is 2.33. The Balaban J connectivity index is 1.83. The molecule has 1 aromatic heterocycles. The summed E-state index contributed by atoms with van der Waals surface area (Å²) >= 11 is 0. The van der Waals surface area contributed by atoms with E-state index in [1.807, 2.05) is 12.4 Å². The van der Waals surface area contributed by atoms with Gasteiger partial charge in [-0.15, -0.1) is 0 Å². The average Bonchev–Trinajstić information content (AvgIpc) is 3.35. The molecule has 0 bridgehead atoms. The van der Waals surface area contributed by atoms with Crippen molar-refractivity contribution < 1.29 is 4.74 Å². The van der Waals surface area contributed by atoms with Crippen molar-refractivity contribution in [2.45, 2.75) is 20.3 Å². The largest absolute Gasteiger partial charge is 0.378 e. The maximum Gasteiger partial charge on any atom is 0.132 e. The molecule has 3 heterocycles. The number of hydrogen-bond donors (Lipinski definition) is 0. The molecule has 3 atom stereocenters. The Hall–Kier alpha value is -1.75.